The molecule has 1 amide bonds. The van der Waals surface area contributed by atoms with Crippen LogP contribution in [0.25, 0.3) is 0 Å². The highest BCUT2D eigenvalue weighted by molar-refractivity contribution is 5.96. The van der Waals surface area contributed by atoms with Crippen LogP contribution in [0.4, 0.5) is 0 Å². The number of nitrogens with zero attached hydrogens (tertiary/aromatic N) is 1. The van der Waals surface area contributed by atoms with Crippen molar-refractivity contribution in [2.75, 3.05) is 20.2 Å². The second-order valence-corrected chi connectivity index (χ2v) is 5.02. The van der Waals surface area contributed by atoms with Crippen LogP contribution in [0.15, 0.2) is 24.3 Å². The molecule has 0 bridgehead atoms. The van der Waals surface area contributed by atoms with E-state index < -0.39 is 11.9 Å². The van der Waals surface area contributed by atoms with Crippen molar-refractivity contribution in [1.29, 1.82) is 0 Å². The summed E-state index contributed by atoms with van der Waals surface area (Å²) in [5.41, 5.74) is 1.43. The Morgan fingerprint density at radius 3 is 2.85 bits per heavy atom. The lowest BCUT2D eigenvalue weighted by Gasteiger charge is -2.31. The van der Waals surface area contributed by atoms with Crippen molar-refractivity contribution < 1.29 is 19.4 Å². The number of aliphatic carboxylic acids is 1. The molecule has 1 N–H and O–H groups in total. The van der Waals surface area contributed by atoms with Crippen LogP contribution in [0, 0.1) is 5.92 Å². The third kappa shape index (κ3) is 3.17. The smallest absolute Gasteiger partial charge is 0.308 e. The van der Waals surface area contributed by atoms with Gasteiger partial charge in [0.15, 0.2) is 0 Å². The van der Waals surface area contributed by atoms with Gasteiger partial charge in [-0.15, -0.1) is 0 Å². The summed E-state index contributed by atoms with van der Waals surface area (Å²) in [6.45, 7) is 1.28. The monoisotopic (exact) mass is 277 g/mol. The summed E-state index contributed by atoms with van der Waals surface area (Å²) in [6, 6.07) is 7.29. The molecule has 0 radical (unpaired) electrons. The Morgan fingerprint density at radius 1 is 1.40 bits per heavy atom. The van der Waals surface area contributed by atoms with E-state index in [-0.39, 0.29) is 12.5 Å². The zero-order chi connectivity index (χ0) is 14.5. The number of piperidine rings is 1. The number of methoxy groups -OCH3 is 1. The number of hydrogen-bond donors (Lipinski definition) is 1. The molecule has 1 aliphatic rings. The van der Waals surface area contributed by atoms with Crippen molar-refractivity contribution in [3.63, 3.8) is 0 Å². The lowest BCUT2D eigenvalue weighted by molar-refractivity contribution is -0.143. The molecule has 1 saturated heterocycles. The Labute approximate surface area is 118 Å². The third-order valence-corrected chi connectivity index (χ3v) is 3.61. The van der Waals surface area contributed by atoms with Crippen LogP contribution in [-0.2, 0) is 16.1 Å². The van der Waals surface area contributed by atoms with E-state index >= 15 is 0 Å². The fraction of sp³-hybridized carbons (Fsp3) is 0.467. The quantitative estimate of drug-likeness (QED) is 0.910. The number of likely N-dealkylation sites (tertiary alicyclic amines) is 1. The molecule has 5 nitrogen and oxygen atoms in total. The third-order valence-electron chi connectivity index (χ3n) is 3.61. The first kappa shape index (κ1) is 14.5. The zero-order valence-corrected chi connectivity index (χ0v) is 11.5. The van der Waals surface area contributed by atoms with Gasteiger partial charge in [0, 0.05) is 25.8 Å². The van der Waals surface area contributed by atoms with Crippen molar-refractivity contribution >= 4 is 11.9 Å². The molecule has 108 valence electrons. The number of benzene rings is 1. The van der Waals surface area contributed by atoms with E-state index in [0.717, 1.165) is 12.0 Å². The number of carbonyl (C=O) groups excluding carboxylic acids is 1. The van der Waals surface area contributed by atoms with Gasteiger partial charge in [-0.1, -0.05) is 18.2 Å². The Bertz CT molecular complexity index is 500. The van der Waals surface area contributed by atoms with Crippen LogP contribution >= 0.6 is 0 Å². The highest BCUT2D eigenvalue weighted by Gasteiger charge is 2.29. The lowest BCUT2D eigenvalue weighted by atomic mass is 9.97. The van der Waals surface area contributed by atoms with Crippen LogP contribution in [-0.4, -0.2) is 42.1 Å². The van der Waals surface area contributed by atoms with E-state index in [9.17, 15) is 9.59 Å². The summed E-state index contributed by atoms with van der Waals surface area (Å²) in [5.74, 6) is -1.39. The normalized spacial score (nSPS) is 18.9. The number of carboxylic acid groups (broad SMARTS) is 1. The largest absolute Gasteiger partial charge is 0.481 e. The minimum Gasteiger partial charge on any atom is -0.481 e. The Kier molecular flexibility index (Phi) is 4.74. The van der Waals surface area contributed by atoms with Crippen molar-refractivity contribution in [1.82, 2.24) is 4.90 Å². The zero-order valence-electron chi connectivity index (χ0n) is 11.5. The van der Waals surface area contributed by atoms with Gasteiger partial charge in [0.1, 0.15) is 0 Å². The molecule has 0 aromatic heterocycles. The molecule has 2 rings (SSSR count). The summed E-state index contributed by atoms with van der Waals surface area (Å²) < 4.78 is 5.10. The lowest BCUT2D eigenvalue weighted by Crippen LogP contribution is -2.42. The number of rotatable bonds is 4. The van der Waals surface area contributed by atoms with E-state index in [1.165, 1.54) is 0 Å². The summed E-state index contributed by atoms with van der Waals surface area (Å²) in [7, 11) is 1.59. The number of amides is 1. The van der Waals surface area contributed by atoms with Gasteiger partial charge in [0.25, 0.3) is 5.91 Å². The molecule has 0 spiro atoms. The first-order chi connectivity index (χ1) is 9.63. The van der Waals surface area contributed by atoms with Gasteiger partial charge in [-0.2, -0.15) is 0 Å². The maximum Gasteiger partial charge on any atom is 0.308 e. The molecular formula is C15H19NO4. The maximum absolute atomic E-state index is 12.5. The number of ether oxygens (including phenoxy) is 1. The maximum atomic E-state index is 12.5. The molecule has 0 unspecified atom stereocenters. The van der Waals surface area contributed by atoms with Gasteiger partial charge < -0.3 is 14.7 Å². The molecule has 5 heteroatoms. The van der Waals surface area contributed by atoms with E-state index in [0.29, 0.717) is 25.1 Å². The van der Waals surface area contributed by atoms with Crippen LogP contribution in [0.3, 0.4) is 0 Å². The fourth-order valence-electron chi connectivity index (χ4n) is 2.54. The predicted octanol–water partition coefficient (Wildman–Crippen LogP) is 1.77. The van der Waals surface area contributed by atoms with Gasteiger partial charge in [-0.05, 0) is 24.5 Å². The summed E-state index contributed by atoms with van der Waals surface area (Å²) >= 11 is 0. The average Bonchev–Trinajstić information content (AvgIpc) is 2.47. The standard InChI is InChI=1S/C15H19NO4/c1-20-10-12-5-2-3-7-13(12)14(17)16-8-4-6-11(9-16)15(18)19/h2-3,5,7,11H,4,6,8-10H2,1H3,(H,18,19)/t11-/m0/s1. The SMILES string of the molecule is COCc1ccccc1C(=O)N1CCC[C@H](C(=O)O)C1. The molecule has 1 aliphatic heterocycles. The first-order valence-corrected chi connectivity index (χ1v) is 6.72. The topological polar surface area (TPSA) is 66.8 Å². The van der Waals surface area contributed by atoms with Crippen molar-refractivity contribution in [3.05, 3.63) is 35.4 Å². The molecule has 0 saturated carbocycles. The predicted molar refractivity (Wildman–Crippen MR) is 73.4 cm³/mol. The summed E-state index contributed by atoms with van der Waals surface area (Å²) in [4.78, 5) is 25.2. The van der Waals surface area contributed by atoms with Gasteiger partial charge >= 0.3 is 5.97 Å². The van der Waals surface area contributed by atoms with Crippen molar-refractivity contribution in [3.8, 4) is 0 Å². The molecular weight excluding hydrogens is 258 g/mol. The summed E-state index contributed by atoms with van der Waals surface area (Å²) in [5, 5.41) is 9.09. The molecule has 1 aromatic rings. The highest BCUT2D eigenvalue weighted by Crippen LogP contribution is 2.20. The van der Waals surface area contributed by atoms with E-state index in [1.54, 1.807) is 18.1 Å². The van der Waals surface area contributed by atoms with Crippen LogP contribution in [0.1, 0.15) is 28.8 Å². The van der Waals surface area contributed by atoms with Crippen molar-refractivity contribution in [2.45, 2.75) is 19.4 Å². The Hall–Kier alpha value is -1.88. The fourth-order valence-corrected chi connectivity index (χ4v) is 2.54. The molecule has 1 atom stereocenters. The van der Waals surface area contributed by atoms with E-state index in [2.05, 4.69) is 0 Å². The highest BCUT2D eigenvalue weighted by atomic mass is 16.5. The van der Waals surface area contributed by atoms with Gasteiger partial charge in [0.05, 0.1) is 12.5 Å². The van der Waals surface area contributed by atoms with Gasteiger partial charge in [-0.3, -0.25) is 9.59 Å². The Morgan fingerprint density at radius 2 is 2.15 bits per heavy atom. The molecule has 0 aliphatic carbocycles. The van der Waals surface area contributed by atoms with Gasteiger partial charge in [-0.25, -0.2) is 0 Å². The minimum absolute atomic E-state index is 0.108. The van der Waals surface area contributed by atoms with Crippen molar-refractivity contribution in [2.24, 2.45) is 5.92 Å². The number of carbonyl (C=O) groups is 2. The Balaban J connectivity index is 2.16. The molecule has 1 heterocycles. The van der Waals surface area contributed by atoms with E-state index in [1.807, 2.05) is 18.2 Å². The molecule has 1 fully saturated rings. The van der Waals surface area contributed by atoms with Gasteiger partial charge in [0.2, 0.25) is 0 Å². The average molecular weight is 277 g/mol. The van der Waals surface area contributed by atoms with Crippen LogP contribution < -0.4 is 0 Å². The summed E-state index contributed by atoms with van der Waals surface area (Å²) in [6.07, 6.45) is 1.37. The van der Waals surface area contributed by atoms with Crippen LogP contribution in [0.5, 0.6) is 0 Å². The first-order valence-electron chi connectivity index (χ1n) is 6.72. The number of hydrogen-bond acceptors (Lipinski definition) is 3. The van der Waals surface area contributed by atoms with Crippen LogP contribution in [0.2, 0.25) is 0 Å². The molecule has 20 heavy (non-hydrogen) atoms. The van der Waals surface area contributed by atoms with E-state index in [4.69, 9.17) is 9.84 Å². The second-order valence-electron chi connectivity index (χ2n) is 5.02. The number of carboxylic acids is 1. The molecule has 1 aromatic carbocycles. The minimum atomic E-state index is -0.826. The second kappa shape index (κ2) is 6.52.